The van der Waals surface area contributed by atoms with Crippen molar-refractivity contribution in [3.8, 4) is 0 Å². The Bertz CT molecular complexity index is 1620. The molecular weight excluding hydrogens is 630 g/mol. The minimum absolute atomic E-state index is 0.215. The van der Waals surface area contributed by atoms with Crippen LogP contribution in [-0.2, 0) is 20.9 Å². The molecule has 3 atom stereocenters. The average molecular weight is 647 g/mol. The van der Waals surface area contributed by atoms with Gasteiger partial charge in [-0.15, -0.1) is 11.3 Å². The summed E-state index contributed by atoms with van der Waals surface area (Å²) < 4.78 is 2.25. The van der Waals surface area contributed by atoms with Gasteiger partial charge >= 0.3 is 4.87 Å². The molecule has 3 unspecified atom stereocenters. The van der Waals surface area contributed by atoms with Gasteiger partial charge < -0.3 is 5.32 Å². The van der Waals surface area contributed by atoms with Crippen molar-refractivity contribution in [2.24, 2.45) is 5.92 Å². The van der Waals surface area contributed by atoms with Crippen LogP contribution in [0.5, 0.6) is 0 Å². The van der Waals surface area contributed by atoms with Crippen molar-refractivity contribution < 1.29 is 14.4 Å². The molecule has 2 aromatic heterocycles. The summed E-state index contributed by atoms with van der Waals surface area (Å²) in [5.41, 5.74) is 1.06. The van der Waals surface area contributed by atoms with Crippen LogP contribution in [0, 0.1) is 5.92 Å². The number of nitrogens with zero attached hydrogens (tertiary/aromatic N) is 2. The van der Waals surface area contributed by atoms with Gasteiger partial charge in [0.15, 0.2) is 0 Å². The fourth-order valence-electron chi connectivity index (χ4n) is 4.75. The molecule has 4 aromatic rings. The fourth-order valence-corrected chi connectivity index (χ4v) is 8.86. The van der Waals surface area contributed by atoms with Crippen LogP contribution in [-0.4, -0.2) is 27.5 Å². The summed E-state index contributed by atoms with van der Waals surface area (Å²) in [5, 5.41) is 5.09. The van der Waals surface area contributed by atoms with Gasteiger partial charge in [-0.25, -0.2) is 4.90 Å². The SMILES string of the molecule is O=C(Cn1c2c(sc1=O)C(c1cccs1)C1C(=O)N(c3ccc(Br)cc3)C(=O)C1S2)Nc1ccc(Cl)cc1. The van der Waals surface area contributed by atoms with Gasteiger partial charge in [0, 0.05) is 30.9 Å². The normalized spacial score (nSPS) is 20.4. The number of aromatic nitrogens is 1. The third-order valence-corrected chi connectivity index (χ3v) is 10.8. The molecule has 4 heterocycles. The van der Waals surface area contributed by atoms with Gasteiger partial charge in [0.05, 0.1) is 16.6 Å². The first-order valence-electron chi connectivity index (χ1n) is 11.4. The summed E-state index contributed by atoms with van der Waals surface area (Å²) in [6.45, 7) is -0.215. The quantitative estimate of drug-likeness (QED) is 0.276. The molecule has 6 rings (SSSR count). The van der Waals surface area contributed by atoms with E-state index in [1.165, 1.54) is 32.6 Å². The third-order valence-electron chi connectivity index (χ3n) is 6.41. The first kappa shape index (κ1) is 25.6. The van der Waals surface area contributed by atoms with Gasteiger partial charge in [0.1, 0.15) is 11.8 Å². The van der Waals surface area contributed by atoms with Crippen molar-refractivity contribution in [2.45, 2.75) is 22.7 Å². The number of amides is 3. The minimum Gasteiger partial charge on any atom is -0.325 e. The Balaban J connectivity index is 1.38. The predicted octanol–water partition coefficient (Wildman–Crippen LogP) is 5.82. The number of carbonyl (C=O) groups is 3. The second-order valence-electron chi connectivity index (χ2n) is 8.72. The van der Waals surface area contributed by atoms with E-state index in [1.807, 2.05) is 17.5 Å². The standard InChI is InChI=1S/C26H17BrClN3O4S3/c27-13-3-9-16(10-4-13)31-23(33)20-19(17-2-1-11-36-17)22-25(37-21(20)24(31)34)30(26(35)38-22)12-18(32)29-15-7-5-14(28)6-8-15/h1-11,19-21H,12H2,(H,29,32). The number of thioether (sulfide) groups is 1. The monoisotopic (exact) mass is 645 g/mol. The minimum atomic E-state index is -0.717. The fraction of sp³-hybridized carbons (Fsp3) is 0.154. The topological polar surface area (TPSA) is 88.5 Å². The van der Waals surface area contributed by atoms with Crippen LogP contribution in [0.25, 0.3) is 0 Å². The molecule has 2 aromatic carbocycles. The number of carbonyl (C=O) groups excluding carboxylic acids is 3. The van der Waals surface area contributed by atoms with E-state index in [2.05, 4.69) is 21.2 Å². The molecule has 192 valence electrons. The maximum atomic E-state index is 13.8. The summed E-state index contributed by atoms with van der Waals surface area (Å²) in [5.74, 6) is -2.10. The number of halogens is 2. The zero-order chi connectivity index (χ0) is 26.6. The largest absolute Gasteiger partial charge is 0.325 e. The molecule has 0 aliphatic carbocycles. The van der Waals surface area contributed by atoms with Crippen LogP contribution >= 0.6 is 62.0 Å². The number of anilines is 2. The Morgan fingerprint density at radius 3 is 2.42 bits per heavy atom. The number of thiophene rings is 1. The van der Waals surface area contributed by atoms with Gasteiger partial charge in [-0.3, -0.25) is 23.7 Å². The molecule has 1 saturated heterocycles. The lowest BCUT2D eigenvalue weighted by molar-refractivity contribution is -0.122. The number of hydrogen-bond donors (Lipinski definition) is 1. The number of imide groups is 1. The molecule has 7 nitrogen and oxygen atoms in total. The van der Waals surface area contributed by atoms with E-state index in [0.29, 0.717) is 26.3 Å². The Morgan fingerprint density at radius 2 is 1.74 bits per heavy atom. The first-order chi connectivity index (χ1) is 18.3. The van der Waals surface area contributed by atoms with Crippen LogP contribution in [0.15, 0.2) is 80.3 Å². The lowest BCUT2D eigenvalue weighted by atomic mass is 9.87. The number of nitrogens with one attached hydrogen (secondary N) is 1. The molecule has 12 heteroatoms. The molecule has 0 radical (unpaired) electrons. The molecule has 0 spiro atoms. The van der Waals surface area contributed by atoms with Gasteiger partial charge in [-0.2, -0.15) is 0 Å². The Labute approximate surface area is 242 Å². The molecule has 0 bridgehead atoms. The van der Waals surface area contributed by atoms with Crippen LogP contribution in [0.1, 0.15) is 15.7 Å². The number of benzene rings is 2. The van der Waals surface area contributed by atoms with Crippen LogP contribution in [0.3, 0.4) is 0 Å². The predicted molar refractivity (Wildman–Crippen MR) is 155 cm³/mol. The number of rotatable bonds is 5. The third kappa shape index (κ3) is 4.46. The van der Waals surface area contributed by atoms with Gasteiger partial charge in [-0.1, -0.05) is 56.7 Å². The van der Waals surface area contributed by atoms with Crippen molar-refractivity contribution in [3.63, 3.8) is 0 Å². The van der Waals surface area contributed by atoms with E-state index >= 15 is 0 Å². The molecule has 1 fully saturated rings. The van der Waals surface area contributed by atoms with Crippen molar-refractivity contribution >= 4 is 91.1 Å². The summed E-state index contributed by atoms with van der Waals surface area (Å²) in [6, 6.07) is 17.5. The Hall–Kier alpha value is -2.70. The van der Waals surface area contributed by atoms with Gasteiger partial charge in [0.2, 0.25) is 17.7 Å². The van der Waals surface area contributed by atoms with Crippen molar-refractivity contribution in [3.05, 3.63) is 95.0 Å². The molecule has 3 amide bonds. The Morgan fingerprint density at radius 1 is 1.00 bits per heavy atom. The maximum absolute atomic E-state index is 13.8. The van der Waals surface area contributed by atoms with Crippen LogP contribution in [0.2, 0.25) is 5.02 Å². The molecule has 38 heavy (non-hydrogen) atoms. The lowest BCUT2D eigenvalue weighted by Gasteiger charge is -2.29. The highest BCUT2D eigenvalue weighted by Crippen LogP contribution is 2.54. The second-order valence-corrected chi connectivity index (χ2v) is 13.2. The number of fused-ring (bicyclic) bond motifs is 2. The van der Waals surface area contributed by atoms with E-state index < -0.39 is 17.1 Å². The highest BCUT2D eigenvalue weighted by atomic mass is 79.9. The summed E-state index contributed by atoms with van der Waals surface area (Å²) in [4.78, 5) is 56.0. The van der Waals surface area contributed by atoms with Crippen molar-refractivity contribution in [1.29, 1.82) is 0 Å². The maximum Gasteiger partial charge on any atom is 0.308 e. The molecule has 0 saturated carbocycles. The van der Waals surface area contributed by atoms with E-state index in [-0.39, 0.29) is 29.1 Å². The molecular formula is C26H17BrClN3O4S3. The highest BCUT2D eigenvalue weighted by molar-refractivity contribution is 9.10. The van der Waals surface area contributed by atoms with Crippen molar-refractivity contribution in [1.82, 2.24) is 4.57 Å². The van der Waals surface area contributed by atoms with E-state index in [4.69, 9.17) is 11.6 Å². The molecule has 2 aliphatic rings. The second kappa shape index (κ2) is 10.1. The van der Waals surface area contributed by atoms with E-state index in [9.17, 15) is 19.2 Å². The number of hydrogen-bond acceptors (Lipinski definition) is 7. The molecule has 1 N–H and O–H groups in total. The van der Waals surface area contributed by atoms with Gasteiger partial charge in [-0.05, 0) is 60.0 Å². The summed E-state index contributed by atoms with van der Waals surface area (Å²) in [7, 11) is 0. The average Bonchev–Trinajstić information content (AvgIpc) is 3.59. The van der Waals surface area contributed by atoms with Gasteiger partial charge in [0.25, 0.3) is 0 Å². The molecule has 2 aliphatic heterocycles. The highest BCUT2D eigenvalue weighted by Gasteiger charge is 2.57. The zero-order valence-electron chi connectivity index (χ0n) is 19.3. The first-order valence-corrected chi connectivity index (χ1v) is 15.2. The van der Waals surface area contributed by atoms with Crippen LogP contribution in [0.4, 0.5) is 11.4 Å². The van der Waals surface area contributed by atoms with E-state index in [1.54, 1.807) is 48.5 Å². The zero-order valence-corrected chi connectivity index (χ0v) is 24.1. The Kier molecular flexibility index (Phi) is 6.81. The summed E-state index contributed by atoms with van der Waals surface area (Å²) >= 11 is 13.0. The number of thiazole rings is 1. The van der Waals surface area contributed by atoms with Crippen LogP contribution < -0.4 is 15.1 Å². The van der Waals surface area contributed by atoms with Crippen molar-refractivity contribution in [2.75, 3.05) is 10.2 Å². The summed E-state index contributed by atoms with van der Waals surface area (Å²) in [6.07, 6.45) is 0. The lowest BCUT2D eigenvalue weighted by Crippen LogP contribution is -2.32. The smallest absolute Gasteiger partial charge is 0.308 e. The van der Waals surface area contributed by atoms with E-state index in [0.717, 1.165) is 20.7 Å².